The summed E-state index contributed by atoms with van der Waals surface area (Å²) in [4.78, 5) is 20.2. The molecule has 8 nitrogen and oxygen atoms in total. The molecule has 3 aromatic rings. The monoisotopic (exact) mass is 399 g/mol. The molecule has 1 unspecified atom stereocenters. The molecule has 2 aromatic heterocycles. The molecule has 1 aliphatic heterocycles. The topological polar surface area (TPSA) is 111 Å². The van der Waals surface area contributed by atoms with Crippen molar-refractivity contribution in [3.8, 4) is 0 Å². The van der Waals surface area contributed by atoms with Crippen LogP contribution < -0.4 is 11.1 Å². The van der Waals surface area contributed by atoms with Gasteiger partial charge in [0, 0.05) is 11.3 Å². The quantitative estimate of drug-likeness (QED) is 0.703. The van der Waals surface area contributed by atoms with Crippen LogP contribution in [0.5, 0.6) is 0 Å². The van der Waals surface area contributed by atoms with Gasteiger partial charge in [0.05, 0.1) is 25.0 Å². The number of nitrogens with two attached hydrogens (primary N) is 1. The third-order valence-corrected chi connectivity index (χ3v) is 4.09. The Morgan fingerprint density at radius 2 is 2.00 bits per heavy atom. The molecule has 1 atom stereocenters. The van der Waals surface area contributed by atoms with E-state index in [9.17, 15) is 13.6 Å². The Morgan fingerprint density at radius 3 is 2.72 bits per heavy atom. The van der Waals surface area contributed by atoms with Crippen LogP contribution in [0.2, 0.25) is 0 Å². The summed E-state index contributed by atoms with van der Waals surface area (Å²) in [6.45, 7) is 4.27. The molecule has 150 valence electrons. The van der Waals surface area contributed by atoms with E-state index in [1.54, 1.807) is 4.68 Å². The number of aromatic nitrogens is 4. The highest BCUT2D eigenvalue weighted by molar-refractivity contribution is 6.02. The third-order valence-electron chi connectivity index (χ3n) is 4.09. The van der Waals surface area contributed by atoms with Gasteiger partial charge < -0.3 is 11.1 Å². The zero-order valence-corrected chi connectivity index (χ0v) is 15.8. The number of anilines is 1. The molecular weight excluding hydrogens is 380 g/mol. The Balaban J connectivity index is 0.00000117. The number of nitrogens with zero attached hydrogens (tertiary/aromatic N) is 5. The lowest BCUT2D eigenvalue weighted by molar-refractivity contribution is 0.102. The fourth-order valence-electron chi connectivity index (χ4n) is 2.78. The highest BCUT2D eigenvalue weighted by atomic mass is 19.1. The van der Waals surface area contributed by atoms with Crippen molar-refractivity contribution in [1.29, 1.82) is 0 Å². The Bertz CT molecular complexity index is 1050. The number of fused-ring (bicyclic) bond motifs is 1. The zero-order valence-electron chi connectivity index (χ0n) is 15.8. The van der Waals surface area contributed by atoms with Gasteiger partial charge in [-0.25, -0.2) is 18.4 Å². The number of amides is 1. The second-order valence-corrected chi connectivity index (χ2v) is 5.88. The fraction of sp³-hybridized carbons (Fsp3) is 0.211. The molecule has 1 aliphatic rings. The molecule has 3 heterocycles. The Hall–Kier alpha value is -3.69. The second kappa shape index (κ2) is 8.55. The number of benzene rings is 1. The van der Waals surface area contributed by atoms with Crippen LogP contribution in [0.1, 0.15) is 41.6 Å². The summed E-state index contributed by atoms with van der Waals surface area (Å²) in [5.74, 6) is -1.37. The van der Waals surface area contributed by atoms with Gasteiger partial charge in [0.2, 0.25) is 0 Å². The Morgan fingerprint density at radius 1 is 1.21 bits per heavy atom. The summed E-state index contributed by atoms with van der Waals surface area (Å²) in [6.07, 6.45) is 2.43. The van der Waals surface area contributed by atoms with Crippen LogP contribution >= 0.6 is 0 Å². The molecule has 0 aliphatic carbocycles. The van der Waals surface area contributed by atoms with E-state index < -0.39 is 23.6 Å². The van der Waals surface area contributed by atoms with Crippen molar-refractivity contribution < 1.29 is 13.6 Å². The molecule has 4 rings (SSSR count). The third kappa shape index (κ3) is 4.26. The van der Waals surface area contributed by atoms with Crippen LogP contribution in [0.4, 0.5) is 14.5 Å². The first-order valence-electron chi connectivity index (χ1n) is 8.96. The van der Waals surface area contributed by atoms with E-state index in [0.717, 1.165) is 12.3 Å². The summed E-state index contributed by atoms with van der Waals surface area (Å²) < 4.78 is 28.8. The Labute approximate surface area is 165 Å². The lowest BCUT2D eigenvalue weighted by Gasteiger charge is -2.21. The van der Waals surface area contributed by atoms with Crippen molar-refractivity contribution in [1.82, 2.24) is 20.0 Å². The lowest BCUT2D eigenvalue weighted by Crippen LogP contribution is -2.27. The number of hydrogen-bond acceptors (Lipinski definition) is 6. The number of carbonyl (C=O) groups is 1. The molecule has 29 heavy (non-hydrogen) atoms. The minimum absolute atomic E-state index is 0.0365. The summed E-state index contributed by atoms with van der Waals surface area (Å²) in [5, 5.41) is 10.3. The maximum absolute atomic E-state index is 14.4. The van der Waals surface area contributed by atoms with Gasteiger partial charge in [0.1, 0.15) is 28.9 Å². The normalized spacial score (nSPS) is 14.9. The van der Waals surface area contributed by atoms with E-state index in [2.05, 4.69) is 25.6 Å². The first kappa shape index (κ1) is 20.1. The maximum Gasteiger partial charge on any atom is 0.274 e. The minimum atomic E-state index is -0.611. The van der Waals surface area contributed by atoms with E-state index in [-0.39, 0.29) is 23.6 Å². The van der Waals surface area contributed by atoms with Crippen LogP contribution in [-0.4, -0.2) is 31.7 Å². The van der Waals surface area contributed by atoms with Gasteiger partial charge in [-0.05, 0) is 30.3 Å². The predicted molar refractivity (Wildman–Crippen MR) is 103 cm³/mol. The van der Waals surface area contributed by atoms with E-state index in [4.69, 9.17) is 5.73 Å². The van der Waals surface area contributed by atoms with Gasteiger partial charge in [-0.2, -0.15) is 0 Å². The van der Waals surface area contributed by atoms with E-state index in [1.165, 1.54) is 30.5 Å². The molecule has 10 heteroatoms. The van der Waals surface area contributed by atoms with Gasteiger partial charge in [-0.3, -0.25) is 9.79 Å². The average molecular weight is 399 g/mol. The number of halogens is 2. The van der Waals surface area contributed by atoms with Crippen LogP contribution in [0.25, 0.3) is 0 Å². The largest absolute Gasteiger partial charge is 0.382 e. The Kier molecular flexibility index (Phi) is 5.91. The number of rotatable bonds is 3. The summed E-state index contributed by atoms with van der Waals surface area (Å²) in [5.41, 5.74) is 7.10. The standard InChI is InChI=1S/C17H13F2N7O.C2H6/c18-9-1-4-13(21-6-9)17(27)23-10-2-3-12(19)11(5-10)14-8-26-15(7-22-25-26)16(20)24-14;1-2/h1-7,14H,8H2,(H2,20,24)(H,23,27);1-2H3. The molecule has 0 spiro atoms. The number of aliphatic imine (C=N–C) groups is 1. The number of amidine groups is 1. The van der Waals surface area contributed by atoms with Crippen LogP contribution in [0, 0.1) is 11.6 Å². The summed E-state index contributed by atoms with van der Waals surface area (Å²) in [6, 6.07) is 5.89. The van der Waals surface area contributed by atoms with E-state index in [1.807, 2.05) is 13.8 Å². The van der Waals surface area contributed by atoms with Crippen LogP contribution in [0.3, 0.4) is 0 Å². The molecule has 0 saturated heterocycles. The van der Waals surface area contributed by atoms with Gasteiger partial charge in [-0.1, -0.05) is 19.1 Å². The molecule has 3 N–H and O–H groups in total. The summed E-state index contributed by atoms with van der Waals surface area (Å²) >= 11 is 0. The molecule has 0 saturated carbocycles. The zero-order chi connectivity index (χ0) is 21.0. The molecule has 0 fully saturated rings. The van der Waals surface area contributed by atoms with Crippen molar-refractivity contribution in [2.75, 3.05) is 5.32 Å². The SMILES string of the molecule is CC.NC1=NC(c2cc(NC(=O)c3ccc(F)cn3)ccc2F)Cn2nncc21. The predicted octanol–water partition coefficient (Wildman–Crippen LogP) is 2.69. The first-order chi connectivity index (χ1) is 14.0. The molecular formula is C19H19F2N7O. The van der Waals surface area contributed by atoms with Crippen molar-refractivity contribution >= 4 is 17.4 Å². The minimum Gasteiger partial charge on any atom is -0.382 e. The van der Waals surface area contributed by atoms with Crippen molar-refractivity contribution in [2.45, 2.75) is 26.4 Å². The van der Waals surface area contributed by atoms with Crippen molar-refractivity contribution in [3.05, 3.63) is 71.3 Å². The number of pyridine rings is 1. The highest BCUT2D eigenvalue weighted by Crippen LogP contribution is 2.28. The van der Waals surface area contributed by atoms with Crippen LogP contribution in [0.15, 0.2) is 47.7 Å². The highest BCUT2D eigenvalue weighted by Gasteiger charge is 2.24. The van der Waals surface area contributed by atoms with E-state index >= 15 is 0 Å². The van der Waals surface area contributed by atoms with Gasteiger partial charge in [0.25, 0.3) is 5.91 Å². The second-order valence-electron chi connectivity index (χ2n) is 5.88. The average Bonchev–Trinajstić information content (AvgIpc) is 3.21. The van der Waals surface area contributed by atoms with Crippen molar-refractivity contribution in [3.63, 3.8) is 0 Å². The summed E-state index contributed by atoms with van der Waals surface area (Å²) in [7, 11) is 0. The first-order valence-corrected chi connectivity index (χ1v) is 8.96. The molecule has 1 aromatic carbocycles. The van der Waals surface area contributed by atoms with E-state index in [0.29, 0.717) is 11.4 Å². The number of hydrogen-bond donors (Lipinski definition) is 2. The van der Waals surface area contributed by atoms with Gasteiger partial charge in [-0.15, -0.1) is 5.10 Å². The number of carbonyl (C=O) groups excluding carboxylic acids is 1. The van der Waals surface area contributed by atoms with Gasteiger partial charge in [0.15, 0.2) is 0 Å². The lowest BCUT2D eigenvalue weighted by atomic mass is 10.0. The van der Waals surface area contributed by atoms with Crippen LogP contribution in [-0.2, 0) is 6.54 Å². The maximum atomic E-state index is 14.4. The molecule has 0 radical (unpaired) electrons. The van der Waals surface area contributed by atoms with Crippen molar-refractivity contribution in [2.24, 2.45) is 10.7 Å². The molecule has 1 amide bonds. The molecule has 0 bridgehead atoms. The fourth-order valence-corrected chi connectivity index (χ4v) is 2.78. The smallest absolute Gasteiger partial charge is 0.274 e. The van der Waals surface area contributed by atoms with Gasteiger partial charge >= 0.3 is 0 Å². The number of nitrogens with one attached hydrogen (secondary N) is 1.